The Balaban J connectivity index is 0.538. The van der Waals surface area contributed by atoms with Crippen LogP contribution in [0.1, 0.15) is 11.1 Å². The van der Waals surface area contributed by atoms with E-state index in [4.69, 9.17) is 46.7 Å². The topological polar surface area (TPSA) is 196 Å². The second-order valence-electron chi connectivity index (χ2n) is 19.2. The predicted octanol–water partition coefficient (Wildman–Crippen LogP) is 11.1. The van der Waals surface area contributed by atoms with Gasteiger partial charge >= 0.3 is 0 Å². The number of para-hydroxylation sites is 2. The first kappa shape index (κ1) is 56.2. The van der Waals surface area contributed by atoms with Gasteiger partial charge in [0.15, 0.2) is 11.5 Å². The molecule has 0 saturated heterocycles. The van der Waals surface area contributed by atoms with Gasteiger partial charge in [0, 0.05) is 22.3 Å². The van der Waals surface area contributed by atoms with Gasteiger partial charge < -0.3 is 46.7 Å². The highest BCUT2D eigenvalue weighted by Gasteiger charge is 2.20. The molecule has 0 amide bonds. The van der Waals surface area contributed by atoms with E-state index in [9.17, 15) is 9.59 Å². The molecule has 18 nitrogen and oxygen atoms in total. The summed E-state index contributed by atoms with van der Waals surface area (Å²) >= 11 is 0. The minimum absolute atomic E-state index is 0.163. The molecular weight excluding hydrogens is 1070 g/mol. The molecule has 18 heteroatoms. The fourth-order valence-corrected chi connectivity index (χ4v) is 9.05. The highest BCUT2D eigenvalue weighted by molar-refractivity contribution is 5.83. The van der Waals surface area contributed by atoms with Gasteiger partial charge in [-0.25, -0.2) is 9.36 Å². The lowest BCUT2D eigenvalue weighted by molar-refractivity contribution is 0.0333. The summed E-state index contributed by atoms with van der Waals surface area (Å²) < 4.78 is 63.0. The van der Waals surface area contributed by atoms with E-state index in [-0.39, 0.29) is 35.6 Å². The smallest absolute Gasteiger partial charge is 0.235 e. The van der Waals surface area contributed by atoms with Crippen molar-refractivity contribution < 1.29 is 46.7 Å². The molecule has 0 spiro atoms. The van der Waals surface area contributed by atoms with Gasteiger partial charge in [0.25, 0.3) is 0 Å². The van der Waals surface area contributed by atoms with Crippen molar-refractivity contribution in [3.63, 3.8) is 0 Å². The Kier molecular flexibility index (Phi) is 18.9. The fraction of sp³-hybridized carbons (Fsp3) is 0.212. The molecule has 0 saturated carbocycles. The van der Waals surface area contributed by atoms with E-state index >= 15 is 0 Å². The minimum atomic E-state index is -0.225. The first-order valence-electron chi connectivity index (χ1n) is 27.6. The van der Waals surface area contributed by atoms with Crippen molar-refractivity contribution >= 4 is 21.9 Å². The van der Waals surface area contributed by atoms with Crippen LogP contribution < -0.4 is 29.8 Å². The average Bonchev–Trinajstić information content (AvgIpc) is 4.36. The number of fused-ring (bicyclic) bond motifs is 2. The number of rotatable bonds is 30. The van der Waals surface area contributed by atoms with Crippen molar-refractivity contribution in [1.82, 2.24) is 30.0 Å². The summed E-state index contributed by atoms with van der Waals surface area (Å²) in [7, 11) is 0. The molecule has 4 aromatic heterocycles. The van der Waals surface area contributed by atoms with Gasteiger partial charge in [-0.05, 0) is 83.9 Å². The number of aromatic nitrogens is 6. The highest BCUT2D eigenvalue weighted by Crippen LogP contribution is 2.34. The summed E-state index contributed by atoms with van der Waals surface area (Å²) in [5.41, 5.74) is 7.13. The van der Waals surface area contributed by atoms with E-state index in [0.717, 1.165) is 33.6 Å². The van der Waals surface area contributed by atoms with E-state index in [0.29, 0.717) is 135 Å². The molecule has 0 N–H and O–H groups in total. The molecule has 426 valence electrons. The zero-order valence-electron chi connectivity index (χ0n) is 46.0. The molecule has 0 unspecified atom stereocenters. The summed E-state index contributed by atoms with van der Waals surface area (Å²) in [6.07, 6.45) is 3.78. The maximum atomic E-state index is 13.5. The molecule has 7 aromatic carbocycles. The Morgan fingerprint density at radius 3 is 1.13 bits per heavy atom. The number of hydrogen-bond acceptors (Lipinski definition) is 16. The van der Waals surface area contributed by atoms with Crippen LogP contribution in [0.4, 0.5) is 0 Å². The van der Waals surface area contributed by atoms with Crippen LogP contribution in [0.3, 0.4) is 0 Å². The van der Waals surface area contributed by atoms with Gasteiger partial charge in [0.2, 0.25) is 22.4 Å². The maximum absolute atomic E-state index is 13.5. The van der Waals surface area contributed by atoms with Crippen molar-refractivity contribution in [2.45, 2.75) is 26.3 Å². The molecule has 0 bridgehead atoms. The third-order valence-corrected chi connectivity index (χ3v) is 13.4. The molecule has 0 radical (unpaired) electrons. The number of hydrogen-bond donors (Lipinski definition) is 0. The lowest BCUT2D eigenvalue weighted by Gasteiger charge is -2.12. The molecule has 11 rings (SSSR count). The molecule has 0 aliphatic rings. The van der Waals surface area contributed by atoms with Crippen LogP contribution in [-0.2, 0) is 45.3 Å². The maximum Gasteiger partial charge on any atom is 0.235 e. The monoisotopic (exact) mass is 1130 g/mol. The first-order chi connectivity index (χ1) is 41.5. The van der Waals surface area contributed by atoms with Gasteiger partial charge in [0.1, 0.15) is 60.5 Å². The SMILES string of the molecule is O=c1c(OCc2ccccc2)c(-c2ccc(OCCOCCOCCn3cc(-c4ccc(-c5cn(CCOCCOCCOc6ccc(-c7oc8ccccc8c(=O)c7OCc7ccccc7)cc6)nn5)cc4)nn3)cc2)oc2ccccc12. The van der Waals surface area contributed by atoms with Gasteiger partial charge in [-0.1, -0.05) is 120 Å². The second-order valence-corrected chi connectivity index (χ2v) is 19.2. The van der Waals surface area contributed by atoms with Crippen molar-refractivity contribution in [3.05, 3.63) is 226 Å². The zero-order chi connectivity index (χ0) is 57.1. The molecule has 0 aliphatic carbocycles. The molecule has 11 aromatic rings. The van der Waals surface area contributed by atoms with Gasteiger partial charge in [-0.2, -0.15) is 0 Å². The summed E-state index contributed by atoms with van der Waals surface area (Å²) in [5, 5.41) is 18.2. The summed E-state index contributed by atoms with van der Waals surface area (Å²) in [6.45, 7) is 5.53. The van der Waals surface area contributed by atoms with Crippen molar-refractivity contribution in [3.8, 4) is 68.2 Å². The summed E-state index contributed by atoms with van der Waals surface area (Å²) in [6, 6.07) is 56.3. The van der Waals surface area contributed by atoms with Crippen LogP contribution in [0.5, 0.6) is 23.0 Å². The summed E-state index contributed by atoms with van der Waals surface area (Å²) in [4.78, 5) is 27.0. The van der Waals surface area contributed by atoms with Crippen LogP contribution >= 0.6 is 0 Å². The molecule has 0 aliphatic heterocycles. The Labute approximate surface area is 483 Å². The van der Waals surface area contributed by atoms with E-state index in [1.807, 2.05) is 158 Å². The van der Waals surface area contributed by atoms with Crippen molar-refractivity contribution in [1.29, 1.82) is 0 Å². The van der Waals surface area contributed by atoms with Gasteiger partial charge in [-0.15, -0.1) is 10.2 Å². The van der Waals surface area contributed by atoms with Gasteiger partial charge in [0.05, 0.1) is 89.1 Å². The van der Waals surface area contributed by atoms with Crippen molar-refractivity contribution in [2.24, 2.45) is 0 Å². The third-order valence-electron chi connectivity index (χ3n) is 13.4. The predicted molar refractivity (Wildman–Crippen MR) is 316 cm³/mol. The molecule has 84 heavy (non-hydrogen) atoms. The Bertz CT molecular complexity index is 3720. The number of nitrogens with zero attached hydrogens (tertiary/aromatic N) is 6. The first-order valence-corrected chi connectivity index (χ1v) is 27.6. The minimum Gasteiger partial charge on any atom is -0.491 e. The normalized spacial score (nSPS) is 11.3. The van der Waals surface area contributed by atoms with E-state index in [1.165, 1.54) is 0 Å². The van der Waals surface area contributed by atoms with E-state index in [1.54, 1.807) is 45.8 Å². The van der Waals surface area contributed by atoms with Crippen LogP contribution in [0.2, 0.25) is 0 Å². The van der Waals surface area contributed by atoms with Crippen LogP contribution in [0.25, 0.3) is 67.1 Å². The zero-order valence-corrected chi connectivity index (χ0v) is 46.0. The molecular formula is C66H60N6O12. The molecule has 0 atom stereocenters. The second kappa shape index (κ2) is 28.3. The molecule has 0 fully saturated rings. The Hall–Kier alpha value is -9.72. The average molecular weight is 1130 g/mol. The van der Waals surface area contributed by atoms with Crippen LogP contribution in [0.15, 0.2) is 213 Å². The van der Waals surface area contributed by atoms with Crippen LogP contribution in [0, 0.1) is 0 Å². The van der Waals surface area contributed by atoms with E-state index in [2.05, 4.69) is 20.6 Å². The van der Waals surface area contributed by atoms with Gasteiger partial charge in [-0.3, -0.25) is 9.59 Å². The number of benzene rings is 7. The Morgan fingerprint density at radius 1 is 0.357 bits per heavy atom. The standard InChI is InChI=1S/C66H60N6O12/c73-61-55-15-7-9-17-59(55)83-63(65(61)81-45-47-11-3-1-4-12-47)51-23-27-53(28-24-51)79-41-39-77-37-35-75-33-31-71-43-57(67-69-71)49-19-21-50(22-20-49)58-44-72(70-68-58)32-34-76-36-38-78-40-42-80-54-29-25-52(26-30-54)64-66(82-46-48-13-5-2-6-14-48)62(74)56-16-8-10-18-60(56)84-64/h1-30,43-44H,31-42,45-46H2. The summed E-state index contributed by atoms with van der Waals surface area (Å²) in [5.74, 6) is 2.35. The lowest BCUT2D eigenvalue weighted by atomic mass is 10.1. The third kappa shape index (κ3) is 14.7. The molecule has 4 heterocycles. The van der Waals surface area contributed by atoms with E-state index < -0.39 is 0 Å². The largest absolute Gasteiger partial charge is 0.491 e. The quantitative estimate of drug-likeness (QED) is 0.0385. The fourth-order valence-electron chi connectivity index (χ4n) is 9.05. The van der Waals surface area contributed by atoms with Crippen LogP contribution in [-0.4, -0.2) is 96.1 Å². The lowest BCUT2D eigenvalue weighted by Crippen LogP contribution is -2.13. The number of ether oxygens (including phenoxy) is 8. The highest BCUT2D eigenvalue weighted by atomic mass is 16.6. The van der Waals surface area contributed by atoms with Crippen molar-refractivity contribution in [2.75, 3.05) is 66.1 Å². The Morgan fingerprint density at radius 2 is 0.714 bits per heavy atom.